The minimum atomic E-state index is 0.676. The van der Waals surface area contributed by atoms with Crippen LogP contribution in [0.1, 0.15) is 22.8 Å². The van der Waals surface area contributed by atoms with Gasteiger partial charge in [0.2, 0.25) is 0 Å². The van der Waals surface area contributed by atoms with Crippen molar-refractivity contribution in [1.29, 1.82) is 0 Å². The van der Waals surface area contributed by atoms with Crippen LogP contribution < -0.4 is 0 Å². The molecule has 0 aliphatic heterocycles. The average molecular weight is 381 g/mol. The summed E-state index contributed by atoms with van der Waals surface area (Å²) in [5, 5.41) is 14.8. The molecule has 0 spiro atoms. The molecule has 0 aliphatic carbocycles. The fourth-order valence-corrected chi connectivity index (χ4v) is 2.76. The van der Waals surface area contributed by atoms with Crippen LogP contribution in [-0.2, 0) is 0 Å². The van der Waals surface area contributed by atoms with Crippen molar-refractivity contribution in [2.45, 2.75) is 27.7 Å². The van der Waals surface area contributed by atoms with Crippen molar-refractivity contribution in [2.75, 3.05) is 0 Å². The van der Waals surface area contributed by atoms with E-state index in [-0.39, 0.29) is 0 Å². The van der Waals surface area contributed by atoms with Crippen LogP contribution >= 0.6 is 11.6 Å². The number of pyridine rings is 2. The lowest BCUT2D eigenvalue weighted by Gasteiger charge is -1.98. The third-order valence-corrected chi connectivity index (χ3v) is 4.40. The van der Waals surface area contributed by atoms with Gasteiger partial charge >= 0.3 is 0 Å². The first-order valence-corrected chi connectivity index (χ1v) is 8.90. The van der Waals surface area contributed by atoms with Gasteiger partial charge < -0.3 is 0 Å². The van der Waals surface area contributed by atoms with Crippen LogP contribution in [0.15, 0.2) is 42.7 Å². The minimum absolute atomic E-state index is 0.676. The van der Waals surface area contributed by atoms with E-state index in [2.05, 4.69) is 30.4 Å². The number of nitrogens with one attached hydrogen (secondary N) is 2. The highest BCUT2D eigenvalue weighted by molar-refractivity contribution is 6.33. The maximum absolute atomic E-state index is 6.08. The van der Waals surface area contributed by atoms with Gasteiger partial charge in [-0.2, -0.15) is 10.2 Å². The molecule has 0 unspecified atom stereocenters. The van der Waals surface area contributed by atoms with E-state index in [4.69, 9.17) is 11.6 Å². The molecule has 27 heavy (non-hydrogen) atoms. The summed E-state index contributed by atoms with van der Waals surface area (Å²) in [6.07, 6.45) is 3.56. The van der Waals surface area contributed by atoms with E-state index in [1.54, 1.807) is 12.4 Å². The number of aromatic nitrogens is 6. The Hall–Kier alpha value is -2.99. The lowest BCUT2D eigenvalue weighted by molar-refractivity contribution is 1.05. The van der Waals surface area contributed by atoms with Crippen molar-refractivity contribution >= 4 is 11.6 Å². The third-order valence-electron chi connectivity index (χ3n) is 3.94. The van der Waals surface area contributed by atoms with Crippen LogP contribution in [0.5, 0.6) is 0 Å². The monoisotopic (exact) mass is 380 g/mol. The van der Waals surface area contributed by atoms with Gasteiger partial charge in [0.15, 0.2) is 0 Å². The van der Waals surface area contributed by atoms with E-state index in [0.29, 0.717) is 5.02 Å². The van der Waals surface area contributed by atoms with E-state index in [9.17, 15) is 0 Å². The first kappa shape index (κ1) is 18.8. The molecule has 138 valence electrons. The molecule has 4 heterocycles. The molecule has 0 saturated carbocycles. The molecule has 4 aromatic rings. The Labute approximate surface area is 163 Å². The number of H-pyrrole nitrogens is 2. The van der Waals surface area contributed by atoms with Crippen molar-refractivity contribution in [1.82, 2.24) is 30.4 Å². The molecular formula is C20H21ClN6. The van der Waals surface area contributed by atoms with Crippen molar-refractivity contribution in [2.24, 2.45) is 0 Å². The quantitative estimate of drug-likeness (QED) is 0.521. The maximum atomic E-state index is 6.08. The summed E-state index contributed by atoms with van der Waals surface area (Å²) in [7, 11) is 0. The molecule has 2 N–H and O–H groups in total. The standard InChI is InChI=1S/C10H10ClN3.C10H11N3/c1-6-5-8(3-4-12-6)10-9(11)7(2)13-14-10;1-7-5-9(3-4-11-7)10-6-8(2)12-13-10/h3-5H,1-2H3,(H,13,14);3-6H,1-2H3,(H,12,13). The average Bonchev–Trinajstić information content (AvgIpc) is 3.22. The van der Waals surface area contributed by atoms with E-state index in [1.807, 2.05) is 58.0 Å². The SMILES string of the molecule is Cc1cc(-c2cc(C)[nH]n2)ccn1.Cc1cc(-c2n[nH]c(C)c2Cl)ccn1. The first-order valence-electron chi connectivity index (χ1n) is 8.52. The van der Waals surface area contributed by atoms with Gasteiger partial charge in [-0.1, -0.05) is 11.6 Å². The maximum Gasteiger partial charge on any atom is 0.111 e. The molecule has 0 atom stereocenters. The number of rotatable bonds is 2. The highest BCUT2D eigenvalue weighted by Gasteiger charge is 2.09. The summed E-state index contributed by atoms with van der Waals surface area (Å²) >= 11 is 6.08. The van der Waals surface area contributed by atoms with E-state index in [1.165, 1.54) is 0 Å². The summed E-state index contributed by atoms with van der Waals surface area (Å²) in [6, 6.07) is 9.86. The summed E-state index contributed by atoms with van der Waals surface area (Å²) < 4.78 is 0. The molecule has 0 radical (unpaired) electrons. The van der Waals surface area contributed by atoms with Gasteiger partial charge in [-0.15, -0.1) is 0 Å². The van der Waals surface area contributed by atoms with Crippen molar-refractivity contribution in [3.05, 3.63) is 70.5 Å². The molecule has 4 aromatic heterocycles. The van der Waals surface area contributed by atoms with Crippen molar-refractivity contribution in [3.63, 3.8) is 0 Å². The van der Waals surface area contributed by atoms with Crippen LogP contribution in [0.3, 0.4) is 0 Å². The Morgan fingerprint density at radius 3 is 1.93 bits per heavy atom. The predicted octanol–water partition coefficient (Wildman–Crippen LogP) is 4.83. The predicted molar refractivity (Wildman–Crippen MR) is 108 cm³/mol. The normalized spacial score (nSPS) is 10.4. The molecule has 0 amide bonds. The Kier molecular flexibility index (Phi) is 5.66. The highest BCUT2D eigenvalue weighted by atomic mass is 35.5. The molecular weight excluding hydrogens is 360 g/mol. The number of nitrogens with zero attached hydrogens (tertiary/aromatic N) is 4. The van der Waals surface area contributed by atoms with Crippen molar-refractivity contribution in [3.8, 4) is 22.5 Å². The largest absolute Gasteiger partial charge is 0.282 e. The van der Waals surface area contributed by atoms with Gasteiger partial charge in [0.05, 0.1) is 16.4 Å². The van der Waals surface area contributed by atoms with Gasteiger partial charge in [0.25, 0.3) is 0 Å². The number of aromatic amines is 2. The zero-order valence-corrected chi connectivity index (χ0v) is 16.5. The Morgan fingerprint density at radius 2 is 1.41 bits per heavy atom. The molecule has 0 aromatic carbocycles. The second-order valence-electron chi connectivity index (χ2n) is 6.32. The number of halogens is 1. The van der Waals surface area contributed by atoms with Crippen LogP contribution in [0.4, 0.5) is 0 Å². The molecule has 6 nitrogen and oxygen atoms in total. The highest BCUT2D eigenvalue weighted by Crippen LogP contribution is 2.27. The van der Waals surface area contributed by atoms with Gasteiger partial charge in [0, 0.05) is 40.6 Å². The minimum Gasteiger partial charge on any atom is -0.282 e. The summed E-state index contributed by atoms with van der Waals surface area (Å²) in [6.45, 7) is 7.80. The van der Waals surface area contributed by atoms with Crippen LogP contribution in [0.2, 0.25) is 5.02 Å². The summed E-state index contributed by atoms with van der Waals surface area (Å²) in [5.74, 6) is 0. The van der Waals surface area contributed by atoms with Gasteiger partial charge in [-0.05, 0) is 58.0 Å². The summed E-state index contributed by atoms with van der Waals surface area (Å²) in [4.78, 5) is 8.25. The van der Waals surface area contributed by atoms with Crippen molar-refractivity contribution < 1.29 is 0 Å². The van der Waals surface area contributed by atoms with E-state index in [0.717, 1.165) is 45.3 Å². The van der Waals surface area contributed by atoms with Gasteiger partial charge in [-0.3, -0.25) is 20.2 Å². The third kappa shape index (κ3) is 4.60. The number of hydrogen-bond donors (Lipinski definition) is 2. The zero-order valence-electron chi connectivity index (χ0n) is 15.7. The van der Waals surface area contributed by atoms with Crippen LogP contribution in [-0.4, -0.2) is 30.4 Å². The van der Waals surface area contributed by atoms with Crippen LogP contribution in [0, 0.1) is 27.7 Å². The fraction of sp³-hybridized carbons (Fsp3) is 0.200. The van der Waals surface area contributed by atoms with E-state index < -0.39 is 0 Å². The number of aryl methyl sites for hydroxylation is 4. The molecule has 4 rings (SSSR count). The Balaban J connectivity index is 0.000000156. The molecule has 0 bridgehead atoms. The molecule has 7 heteroatoms. The molecule has 0 aliphatic rings. The second-order valence-corrected chi connectivity index (χ2v) is 6.70. The fourth-order valence-electron chi connectivity index (χ4n) is 2.57. The lowest BCUT2D eigenvalue weighted by Crippen LogP contribution is -1.83. The second kappa shape index (κ2) is 8.14. The Bertz CT molecular complexity index is 1050. The summed E-state index contributed by atoms with van der Waals surface area (Å²) in [5.41, 5.74) is 7.79. The Morgan fingerprint density at radius 1 is 0.778 bits per heavy atom. The van der Waals surface area contributed by atoms with Crippen LogP contribution in [0.25, 0.3) is 22.5 Å². The zero-order chi connectivity index (χ0) is 19.4. The molecule has 0 saturated heterocycles. The lowest BCUT2D eigenvalue weighted by atomic mass is 10.1. The van der Waals surface area contributed by atoms with Gasteiger partial charge in [0.1, 0.15) is 5.69 Å². The van der Waals surface area contributed by atoms with E-state index >= 15 is 0 Å². The molecule has 0 fully saturated rings. The first-order chi connectivity index (χ1) is 12.9. The topological polar surface area (TPSA) is 83.1 Å². The number of hydrogen-bond acceptors (Lipinski definition) is 4. The van der Waals surface area contributed by atoms with Gasteiger partial charge in [-0.25, -0.2) is 0 Å². The smallest absolute Gasteiger partial charge is 0.111 e.